The second-order valence-corrected chi connectivity index (χ2v) is 8.38. The van der Waals surface area contributed by atoms with Crippen LogP contribution in [0.15, 0.2) is 48.7 Å². The molecule has 154 valence electrons. The van der Waals surface area contributed by atoms with E-state index in [0.717, 1.165) is 16.5 Å². The maximum Gasteiger partial charge on any atom is 0.317 e. The molecule has 4 heterocycles. The van der Waals surface area contributed by atoms with Crippen molar-refractivity contribution in [3.05, 3.63) is 65.5 Å². The molecule has 1 aromatic carbocycles. The lowest BCUT2D eigenvalue weighted by atomic mass is 9.87. The Morgan fingerprint density at radius 2 is 1.97 bits per heavy atom. The van der Waals surface area contributed by atoms with Gasteiger partial charge in [0.2, 0.25) is 0 Å². The molecule has 1 amide bonds. The summed E-state index contributed by atoms with van der Waals surface area (Å²) in [5, 5.41) is 10.2. The maximum atomic E-state index is 13.5. The Hall–Kier alpha value is -3.19. The number of aryl methyl sites for hydroxylation is 1. The minimum Gasteiger partial charge on any atom is -0.480 e. The Morgan fingerprint density at radius 1 is 1.13 bits per heavy atom. The normalized spacial score (nSPS) is 23.8. The minimum absolute atomic E-state index is 0.0481. The number of benzene rings is 1. The number of pyridine rings is 1. The van der Waals surface area contributed by atoms with Crippen molar-refractivity contribution in [2.24, 2.45) is 11.8 Å². The minimum atomic E-state index is -0.807. The first kappa shape index (κ1) is 18.8. The van der Waals surface area contributed by atoms with Crippen LogP contribution in [0.25, 0.3) is 11.0 Å². The van der Waals surface area contributed by atoms with Crippen LogP contribution < -0.4 is 0 Å². The first-order valence-electron chi connectivity index (χ1n) is 10.3. The monoisotopic (exact) mass is 404 g/mol. The van der Waals surface area contributed by atoms with E-state index in [1.165, 1.54) is 0 Å². The number of aromatic amines is 1. The maximum absolute atomic E-state index is 13.5. The number of likely N-dealkylation sites (tertiary alicyclic amines) is 2. The molecule has 0 spiro atoms. The molecule has 3 aromatic rings. The number of hydrogen-bond acceptors (Lipinski definition) is 4. The molecular formula is C23H24N4O3. The molecule has 30 heavy (non-hydrogen) atoms. The number of carbonyl (C=O) groups is 2. The van der Waals surface area contributed by atoms with E-state index in [-0.39, 0.29) is 30.3 Å². The van der Waals surface area contributed by atoms with Gasteiger partial charge in [-0.3, -0.25) is 14.5 Å². The molecule has 2 N–H and O–H groups in total. The number of H-pyrrole nitrogens is 1. The summed E-state index contributed by atoms with van der Waals surface area (Å²) in [5.74, 6) is -0.409. The molecule has 2 aliphatic rings. The van der Waals surface area contributed by atoms with Crippen molar-refractivity contribution >= 4 is 22.9 Å². The number of nitrogens with one attached hydrogen (secondary N) is 1. The average molecular weight is 404 g/mol. The number of fused-ring (bicyclic) bond motifs is 2. The van der Waals surface area contributed by atoms with Crippen LogP contribution in [0.3, 0.4) is 0 Å². The molecule has 0 radical (unpaired) electrons. The summed E-state index contributed by atoms with van der Waals surface area (Å²) in [6.45, 7) is 4.11. The number of carboxylic acid groups (broad SMARTS) is 1. The van der Waals surface area contributed by atoms with Crippen molar-refractivity contribution in [2.75, 3.05) is 26.2 Å². The first-order chi connectivity index (χ1) is 14.5. The third-order valence-corrected chi connectivity index (χ3v) is 6.50. The first-order valence-corrected chi connectivity index (χ1v) is 10.3. The number of rotatable bonds is 4. The third kappa shape index (κ3) is 3.15. The lowest BCUT2D eigenvalue weighted by Gasteiger charge is -2.30. The van der Waals surface area contributed by atoms with Gasteiger partial charge in [0.15, 0.2) is 0 Å². The van der Waals surface area contributed by atoms with Crippen LogP contribution in [0, 0.1) is 18.8 Å². The predicted octanol–water partition coefficient (Wildman–Crippen LogP) is 2.70. The van der Waals surface area contributed by atoms with Gasteiger partial charge in [-0.2, -0.15) is 0 Å². The van der Waals surface area contributed by atoms with Crippen LogP contribution in [0.5, 0.6) is 0 Å². The molecule has 0 bridgehead atoms. The summed E-state index contributed by atoms with van der Waals surface area (Å²) in [5.41, 5.74) is 3.42. The van der Waals surface area contributed by atoms with E-state index in [4.69, 9.17) is 0 Å². The van der Waals surface area contributed by atoms with Crippen molar-refractivity contribution in [2.45, 2.75) is 13.0 Å². The zero-order valence-electron chi connectivity index (χ0n) is 16.8. The standard InChI is InChI=1S/C23H24N4O3/c1-14-4-2-3-5-17(14)21-18-12-26(13-20(28)29)10-16(18)11-27(21)23(30)19-7-6-15-8-9-24-22(15)25-19/h2-9,16,18,21H,10-13H2,1H3,(H,24,25)(H,28,29)/t16-,18-,21-/m0/s1. The van der Waals surface area contributed by atoms with Gasteiger partial charge < -0.3 is 15.0 Å². The molecule has 2 saturated heterocycles. The molecular weight excluding hydrogens is 380 g/mol. The highest BCUT2D eigenvalue weighted by Crippen LogP contribution is 2.46. The van der Waals surface area contributed by atoms with E-state index in [9.17, 15) is 14.7 Å². The molecule has 2 fully saturated rings. The van der Waals surface area contributed by atoms with E-state index in [2.05, 4.69) is 29.0 Å². The van der Waals surface area contributed by atoms with Gasteiger partial charge in [0, 0.05) is 37.1 Å². The van der Waals surface area contributed by atoms with Gasteiger partial charge in [-0.1, -0.05) is 24.3 Å². The summed E-state index contributed by atoms with van der Waals surface area (Å²) in [4.78, 5) is 36.3. The summed E-state index contributed by atoms with van der Waals surface area (Å²) in [6.07, 6.45) is 1.82. The topological polar surface area (TPSA) is 89.5 Å². The van der Waals surface area contributed by atoms with Gasteiger partial charge in [-0.05, 0) is 42.2 Å². The molecule has 2 aliphatic heterocycles. The Bertz CT molecular complexity index is 1120. The lowest BCUT2D eigenvalue weighted by molar-refractivity contribution is -0.138. The van der Waals surface area contributed by atoms with Crippen LogP contribution in [0.1, 0.15) is 27.7 Å². The molecule has 0 aliphatic carbocycles. The molecule has 2 aromatic heterocycles. The number of aromatic nitrogens is 2. The SMILES string of the molecule is Cc1ccccc1[C@H]1[C@H]2CN(CC(=O)O)C[C@H]2CN1C(=O)c1ccc2cc[nH]c2n1. The second kappa shape index (κ2) is 7.25. The number of amides is 1. The van der Waals surface area contributed by atoms with Gasteiger partial charge in [0.1, 0.15) is 11.3 Å². The molecule has 3 atom stereocenters. The molecule has 0 saturated carbocycles. The zero-order chi connectivity index (χ0) is 20.8. The number of aliphatic carboxylic acids is 1. The molecule has 5 rings (SSSR count). The fourth-order valence-electron chi connectivity index (χ4n) is 5.18. The Labute approximate surface area is 174 Å². The molecule has 0 unspecified atom stereocenters. The number of carbonyl (C=O) groups excluding carboxylic acids is 1. The van der Waals surface area contributed by atoms with E-state index >= 15 is 0 Å². The largest absolute Gasteiger partial charge is 0.480 e. The Morgan fingerprint density at radius 3 is 2.77 bits per heavy atom. The lowest BCUT2D eigenvalue weighted by Crippen LogP contribution is -2.37. The smallest absolute Gasteiger partial charge is 0.317 e. The zero-order valence-corrected chi connectivity index (χ0v) is 16.8. The highest BCUT2D eigenvalue weighted by Gasteiger charge is 2.49. The summed E-state index contributed by atoms with van der Waals surface area (Å²) in [6, 6.07) is 13.7. The average Bonchev–Trinajstić information content (AvgIpc) is 3.41. The van der Waals surface area contributed by atoms with E-state index < -0.39 is 5.97 Å². The molecule has 7 heteroatoms. The highest BCUT2D eigenvalue weighted by atomic mass is 16.4. The number of carboxylic acids is 1. The summed E-state index contributed by atoms with van der Waals surface area (Å²) in [7, 11) is 0. The Balaban J connectivity index is 1.50. The number of nitrogens with zero attached hydrogens (tertiary/aromatic N) is 3. The van der Waals surface area contributed by atoms with Crippen molar-refractivity contribution in [3.63, 3.8) is 0 Å². The number of hydrogen-bond donors (Lipinski definition) is 2. The van der Waals surface area contributed by atoms with Crippen LogP contribution in [-0.2, 0) is 4.79 Å². The van der Waals surface area contributed by atoms with E-state index in [0.29, 0.717) is 31.0 Å². The second-order valence-electron chi connectivity index (χ2n) is 8.38. The third-order valence-electron chi connectivity index (χ3n) is 6.50. The van der Waals surface area contributed by atoms with Crippen molar-refractivity contribution < 1.29 is 14.7 Å². The van der Waals surface area contributed by atoms with Crippen LogP contribution in [0.4, 0.5) is 0 Å². The van der Waals surface area contributed by atoms with Crippen LogP contribution in [-0.4, -0.2) is 62.9 Å². The van der Waals surface area contributed by atoms with E-state index in [1.54, 1.807) is 6.07 Å². The summed E-state index contributed by atoms with van der Waals surface area (Å²) >= 11 is 0. The predicted molar refractivity (Wildman–Crippen MR) is 112 cm³/mol. The fourth-order valence-corrected chi connectivity index (χ4v) is 5.18. The summed E-state index contributed by atoms with van der Waals surface area (Å²) < 4.78 is 0. The molecule has 7 nitrogen and oxygen atoms in total. The quantitative estimate of drug-likeness (QED) is 0.698. The van der Waals surface area contributed by atoms with Gasteiger partial charge in [0.05, 0.1) is 12.6 Å². The van der Waals surface area contributed by atoms with Gasteiger partial charge in [0.25, 0.3) is 5.91 Å². The van der Waals surface area contributed by atoms with Crippen molar-refractivity contribution in [3.8, 4) is 0 Å². The van der Waals surface area contributed by atoms with E-state index in [1.807, 2.05) is 40.3 Å². The van der Waals surface area contributed by atoms with Crippen molar-refractivity contribution in [1.82, 2.24) is 19.8 Å². The van der Waals surface area contributed by atoms with Crippen LogP contribution in [0.2, 0.25) is 0 Å². The van der Waals surface area contributed by atoms with Gasteiger partial charge >= 0.3 is 5.97 Å². The highest BCUT2D eigenvalue weighted by molar-refractivity contribution is 5.95. The fraction of sp³-hybridized carbons (Fsp3) is 0.348. The van der Waals surface area contributed by atoms with Gasteiger partial charge in [-0.25, -0.2) is 4.98 Å². The van der Waals surface area contributed by atoms with Crippen LogP contribution >= 0.6 is 0 Å². The Kier molecular flexibility index (Phi) is 4.55. The van der Waals surface area contributed by atoms with Crippen molar-refractivity contribution in [1.29, 1.82) is 0 Å². The van der Waals surface area contributed by atoms with Gasteiger partial charge in [-0.15, -0.1) is 0 Å².